The van der Waals surface area contributed by atoms with E-state index in [1.165, 1.54) is 6.33 Å². The summed E-state index contributed by atoms with van der Waals surface area (Å²) in [7, 11) is 0. The van der Waals surface area contributed by atoms with Crippen molar-refractivity contribution < 1.29 is 9.53 Å². The second kappa shape index (κ2) is 7.29. The van der Waals surface area contributed by atoms with E-state index in [0.29, 0.717) is 17.9 Å². The highest BCUT2D eigenvalue weighted by atomic mass is 127. The second-order valence-corrected chi connectivity index (χ2v) is 9.52. The fraction of sp³-hybridized carbons (Fsp3) is 0.667. The SMILES string of the molecule is CC(C)(C)OC(=O)N1CC(N2CCC(n3nc(I)c4c(N)ncnc43)CC2)C1. The predicted molar refractivity (Wildman–Crippen MR) is 114 cm³/mol. The highest BCUT2D eigenvalue weighted by Crippen LogP contribution is 2.31. The normalized spacial score (nSPS) is 19.8. The van der Waals surface area contributed by atoms with Crippen molar-refractivity contribution >= 4 is 45.5 Å². The molecule has 152 valence electrons. The van der Waals surface area contributed by atoms with Crippen LogP contribution in [0.5, 0.6) is 0 Å². The number of carbonyl (C=O) groups is 1. The van der Waals surface area contributed by atoms with Gasteiger partial charge in [0, 0.05) is 32.2 Å². The van der Waals surface area contributed by atoms with E-state index >= 15 is 0 Å². The molecule has 2 aromatic heterocycles. The molecule has 4 heterocycles. The molecule has 1 amide bonds. The Bertz CT molecular complexity index is 880. The number of amides is 1. The molecule has 2 aromatic rings. The van der Waals surface area contributed by atoms with Crippen molar-refractivity contribution in [2.75, 3.05) is 31.9 Å². The smallest absolute Gasteiger partial charge is 0.410 e. The molecule has 2 saturated heterocycles. The number of nitrogens with zero attached hydrogens (tertiary/aromatic N) is 6. The van der Waals surface area contributed by atoms with Gasteiger partial charge in [-0.15, -0.1) is 0 Å². The van der Waals surface area contributed by atoms with E-state index in [4.69, 9.17) is 10.5 Å². The molecular weight excluding hydrogens is 473 g/mol. The summed E-state index contributed by atoms with van der Waals surface area (Å²) in [4.78, 5) is 24.9. The molecule has 0 unspecified atom stereocenters. The van der Waals surface area contributed by atoms with Gasteiger partial charge in [-0.2, -0.15) is 5.10 Å². The number of hydrogen-bond acceptors (Lipinski definition) is 7. The summed E-state index contributed by atoms with van der Waals surface area (Å²) in [6.07, 6.45) is 3.29. The van der Waals surface area contributed by atoms with Crippen LogP contribution in [0.4, 0.5) is 10.6 Å². The van der Waals surface area contributed by atoms with E-state index in [2.05, 4.69) is 42.6 Å². The Morgan fingerprint density at radius 1 is 1.21 bits per heavy atom. The second-order valence-electron chi connectivity index (χ2n) is 8.50. The molecule has 28 heavy (non-hydrogen) atoms. The van der Waals surface area contributed by atoms with Crippen LogP contribution in [0.2, 0.25) is 0 Å². The molecule has 0 spiro atoms. The first kappa shape index (κ1) is 19.6. The number of fused-ring (bicyclic) bond motifs is 1. The van der Waals surface area contributed by atoms with E-state index in [1.54, 1.807) is 4.90 Å². The zero-order valence-corrected chi connectivity index (χ0v) is 18.6. The first-order valence-electron chi connectivity index (χ1n) is 9.59. The van der Waals surface area contributed by atoms with E-state index in [9.17, 15) is 4.79 Å². The van der Waals surface area contributed by atoms with E-state index in [1.807, 2.05) is 25.5 Å². The monoisotopic (exact) mass is 499 g/mol. The van der Waals surface area contributed by atoms with Crippen LogP contribution in [0.3, 0.4) is 0 Å². The van der Waals surface area contributed by atoms with E-state index in [-0.39, 0.29) is 6.09 Å². The van der Waals surface area contributed by atoms with Gasteiger partial charge in [-0.05, 0) is 56.2 Å². The largest absolute Gasteiger partial charge is 0.444 e. The van der Waals surface area contributed by atoms with Crippen molar-refractivity contribution in [3.05, 3.63) is 10.0 Å². The third-order valence-electron chi connectivity index (χ3n) is 5.35. The van der Waals surface area contributed by atoms with Crippen LogP contribution in [-0.4, -0.2) is 73.5 Å². The summed E-state index contributed by atoms with van der Waals surface area (Å²) < 4.78 is 8.30. The van der Waals surface area contributed by atoms with Gasteiger partial charge in [0.25, 0.3) is 0 Å². The van der Waals surface area contributed by atoms with Crippen LogP contribution in [-0.2, 0) is 4.74 Å². The number of hydrogen-bond donors (Lipinski definition) is 1. The highest BCUT2D eigenvalue weighted by molar-refractivity contribution is 14.1. The summed E-state index contributed by atoms with van der Waals surface area (Å²) in [6.45, 7) is 9.13. The van der Waals surface area contributed by atoms with Crippen molar-refractivity contribution in [1.82, 2.24) is 29.5 Å². The Balaban J connectivity index is 1.34. The van der Waals surface area contributed by atoms with E-state index in [0.717, 1.165) is 53.8 Å². The summed E-state index contributed by atoms with van der Waals surface area (Å²) in [5, 5.41) is 5.53. The molecule has 0 saturated carbocycles. The summed E-state index contributed by atoms with van der Waals surface area (Å²) in [5.41, 5.74) is 6.37. The number of piperidine rings is 1. The molecule has 0 atom stereocenters. The maximum Gasteiger partial charge on any atom is 0.410 e. The summed E-state index contributed by atoms with van der Waals surface area (Å²) >= 11 is 2.20. The van der Waals surface area contributed by atoms with Gasteiger partial charge in [0.2, 0.25) is 0 Å². The lowest BCUT2D eigenvalue weighted by molar-refractivity contribution is -0.0213. The number of nitrogens with two attached hydrogens (primary N) is 1. The third kappa shape index (κ3) is 3.76. The van der Waals surface area contributed by atoms with E-state index < -0.39 is 5.60 Å². The van der Waals surface area contributed by atoms with Crippen molar-refractivity contribution in [1.29, 1.82) is 0 Å². The number of nitrogen functional groups attached to an aromatic ring is 1. The third-order valence-corrected chi connectivity index (χ3v) is 6.11. The minimum atomic E-state index is -0.447. The Hall–Kier alpha value is -1.69. The molecule has 4 rings (SSSR count). The molecule has 0 aliphatic carbocycles. The lowest BCUT2D eigenvalue weighted by Gasteiger charge is -2.47. The van der Waals surface area contributed by atoms with Gasteiger partial charge in [-0.25, -0.2) is 19.4 Å². The van der Waals surface area contributed by atoms with Crippen molar-refractivity contribution in [3.63, 3.8) is 0 Å². The van der Waals surface area contributed by atoms with Crippen molar-refractivity contribution in [2.45, 2.75) is 51.3 Å². The van der Waals surface area contributed by atoms with Crippen molar-refractivity contribution in [3.8, 4) is 0 Å². The summed E-state index contributed by atoms with van der Waals surface area (Å²) in [6, 6.07) is 0.722. The van der Waals surface area contributed by atoms with Crippen LogP contribution in [0.15, 0.2) is 6.33 Å². The van der Waals surface area contributed by atoms with Crippen LogP contribution in [0, 0.1) is 3.70 Å². The molecule has 2 aliphatic heterocycles. The van der Waals surface area contributed by atoms with Gasteiger partial charge in [-0.3, -0.25) is 4.90 Å². The Labute approximate surface area is 177 Å². The summed E-state index contributed by atoms with van der Waals surface area (Å²) in [5.74, 6) is 0.481. The predicted octanol–water partition coefficient (Wildman–Crippen LogP) is 2.27. The topological polar surface area (TPSA) is 102 Å². The molecule has 0 radical (unpaired) electrons. The Morgan fingerprint density at radius 3 is 2.54 bits per heavy atom. The zero-order chi connectivity index (χ0) is 20.1. The zero-order valence-electron chi connectivity index (χ0n) is 16.4. The molecule has 2 fully saturated rings. The quantitative estimate of drug-likeness (QED) is 0.633. The minimum absolute atomic E-state index is 0.214. The highest BCUT2D eigenvalue weighted by Gasteiger charge is 2.38. The number of aromatic nitrogens is 4. The van der Waals surface area contributed by atoms with Crippen LogP contribution in [0.1, 0.15) is 39.7 Å². The average molecular weight is 499 g/mol. The average Bonchev–Trinajstić information content (AvgIpc) is 2.91. The van der Waals surface area contributed by atoms with Crippen molar-refractivity contribution in [2.24, 2.45) is 0 Å². The van der Waals surface area contributed by atoms with Gasteiger partial charge < -0.3 is 15.4 Å². The lowest BCUT2D eigenvalue weighted by atomic mass is 10.00. The lowest BCUT2D eigenvalue weighted by Crippen LogP contribution is -2.62. The molecule has 0 aromatic carbocycles. The number of rotatable bonds is 2. The number of carbonyl (C=O) groups excluding carboxylic acids is 1. The molecular formula is C18H26IN7O2. The molecule has 10 heteroatoms. The van der Waals surface area contributed by atoms with Crippen LogP contribution < -0.4 is 5.73 Å². The van der Waals surface area contributed by atoms with Gasteiger partial charge in [0.15, 0.2) is 5.65 Å². The first-order valence-corrected chi connectivity index (χ1v) is 10.7. The maximum absolute atomic E-state index is 12.1. The standard InChI is InChI=1S/C18H26IN7O2/c1-18(2,3)28-17(27)25-8-12(9-25)24-6-4-11(5-7-24)26-16-13(14(19)23-26)15(20)21-10-22-16/h10-12H,4-9H2,1-3H3,(H2,20,21,22). The Kier molecular flexibility index (Phi) is 5.10. The van der Waals surface area contributed by atoms with Crippen LogP contribution >= 0.6 is 22.6 Å². The maximum atomic E-state index is 12.1. The van der Waals surface area contributed by atoms with Gasteiger partial charge in [-0.1, -0.05) is 0 Å². The molecule has 0 bridgehead atoms. The number of ether oxygens (including phenoxy) is 1. The van der Waals surface area contributed by atoms with Gasteiger partial charge in [0.05, 0.1) is 11.4 Å². The molecule has 9 nitrogen and oxygen atoms in total. The molecule has 2 N–H and O–H groups in total. The number of anilines is 1. The van der Waals surface area contributed by atoms with Gasteiger partial charge >= 0.3 is 6.09 Å². The first-order chi connectivity index (χ1) is 13.2. The minimum Gasteiger partial charge on any atom is -0.444 e. The van der Waals surface area contributed by atoms with Gasteiger partial charge in [0.1, 0.15) is 21.4 Å². The molecule has 2 aliphatic rings. The fourth-order valence-corrected chi connectivity index (χ4v) is 4.61. The fourth-order valence-electron chi connectivity index (χ4n) is 3.86. The van der Waals surface area contributed by atoms with Crippen LogP contribution in [0.25, 0.3) is 11.0 Å². The Morgan fingerprint density at radius 2 is 1.89 bits per heavy atom. The number of likely N-dealkylation sites (tertiary alicyclic amines) is 2. The number of halogens is 1.